The first-order valence-electron chi connectivity index (χ1n) is 10.1. The van der Waals surface area contributed by atoms with Gasteiger partial charge in [0.25, 0.3) is 5.91 Å². The fourth-order valence-electron chi connectivity index (χ4n) is 3.62. The van der Waals surface area contributed by atoms with Gasteiger partial charge in [-0.3, -0.25) is 4.79 Å². The maximum Gasteiger partial charge on any atom is 0.254 e. The Bertz CT molecular complexity index is 721. The van der Waals surface area contributed by atoms with E-state index in [-0.39, 0.29) is 5.91 Å². The highest BCUT2D eigenvalue weighted by molar-refractivity contribution is 5.94. The zero-order valence-corrected chi connectivity index (χ0v) is 16.5. The van der Waals surface area contributed by atoms with Crippen LogP contribution in [0.25, 0.3) is 0 Å². The molecule has 1 aliphatic heterocycles. The number of anilines is 1. The van der Waals surface area contributed by atoms with Gasteiger partial charge in [-0.25, -0.2) is 4.98 Å². The highest BCUT2D eigenvalue weighted by atomic mass is 16.2. The second-order valence-electron chi connectivity index (χ2n) is 7.96. The number of pyridine rings is 1. The largest absolute Gasteiger partial charge is 0.370 e. The average Bonchev–Trinajstić information content (AvgIpc) is 2.69. The van der Waals surface area contributed by atoms with Crippen molar-refractivity contribution in [3.05, 3.63) is 59.8 Å². The normalized spacial score (nSPS) is 15.1. The molecule has 0 unspecified atom stereocenters. The van der Waals surface area contributed by atoms with Crippen molar-refractivity contribution in [2.45, 2.75) is 39.5 Å². The first-order valence-corrected chi connectivity index (χ1v) is 10.1. The lowest BCUT2D eigenvalue weighted by molar-refractivity contribution is 0.0690. The summed E-state index contributed by atoms with van der Waals surface area (Å²) in [5.74, 6) is 2.24. The summed E-state index contributed by atoms with van der Waals surface area (Å²) < 4.78 is 0. The van der Waals surface area contributed by atoms with Crippen molar-refractivity contribution >= 4 is 11.7 Å². The molecule has 144 valence electrons. The number of hydrogen-bond donors (Lipinski definition) is 1. The number of piperidine rings is 1. The molecular formula is C23H31N3O. The Kier molecular flexibility index (Phi) is 6.86. The van der Waals surface area contributed by atoms with Gasteiger partial charge < -0.3 is 10.2 Å². The monoisotopic (exact) mass is 365 g/mol. The topological polar surface area (TPSA) is 45.2 Å². The minimum Gasteiger partial charge on any atom is -0.370 e. The van der Waals surface area contributed by atoms with Gasteiger partial charge in [-0.15, -0.1) is 0 Å². The molecule has 1 saturated heterocycles. The van der Waals surface area contributed by atoms with E-state index >= 15 is 0 Å². The zero-order valence-electron chi connectivity index (χ0n) is 16.5. The van der Waals surface area contributed by atoms with Crippen LogP contribution in [0, 0.1) is 11.8 Å². The van der Waals surface area contributed by atoms with Gasteiger partial charge in [-0.05, 0) is 55.2 Å². The van der Waals surface area contributed by atoms with Crippen LogP contribution in [0.1, 0.15) is 49.0 Å². The first kappa shape index (κ1) is 19.4. The molecule has 2 heterocycles. The molecule has 0 spiro atoms. The van der Waals surface area contributed by atoms with Crippen molar-refractivity contribution in [2.24, 2.45) is 11.8 Å². The molecule has 1 aromatic heterocycles. The van der Waals surface area contributed by atoms with E-state index in [1.54, 1.807) is 6.20 Å². The van der Waals surface area contributed by atoms with E-state index in [4.69, 9.17) is 0 Å². The van der Waals surface area contributed by atoms with Crippen LogP contribution in [0.5, 0.6) is 0 Å². The molecule has 27 heavy (non-hydrogen) atoms. The Morgan fingerprint density at radius 2 is 1.93 bits per heavy atom. The summed E-state index contributed by atoms with van der Waals surface area (Å²) in [7, 11) is 0. The molecule has 0 bridgehead atoms. The number of hydrogen-bond acceptors (Lipinski definition) is 3. The summed E-state index contributed by atoms with van der Waals surface area (Å²) in [5.41, 5.74) is 2.13. The van der Waals surface area contributed by atoms with Gasteiger partial charge in [0, 0.05) is 31.4 Å². The molecule has 4 nitrogen and oxygen atoms in total. The molecule has 3 rings (SSSR count). The van der Waals surface area contributed by atoms with Gasteiger partial charge in [0.05, 0.1) is 0 Å². The summed E-state index contributed by atoms with van der Waals surface area (Å²) in [6.07, 6.45) is 6.08. The van der Waals surface area contributed by atoms with E-state index in [0.717, 1.165) is 56.7 Å². The summed E-state index contributed by atoms with van der Waals surface area (Å²) >= 11 is 0. The number of nitrogens with one attached hydrogen (secondary N) is 1. The van der Waals surface area contributed by atoms with Crippen LogP contribution < -0.4 is 5.32 Å². The minimum absolute atomic E-state index is 0.127. The van der Waals surface area contributed by atoms with Crippen LogP contribution >= 0.6 is 0 Å². The van der Waals surface area contributed by atoms with Crippen LogP contribution in [-0.2, 0) is 6.42 Å². The Balaban J connectivity index is 1.51. The van der Waals surface area contributed by atoms with E-state index < -0.39 is 0 Å². The van der Waals surface area contributed by atoms with E-state index in [1.165, 1.54) is 5.56 Å². The highest BCUT2D eigenvalue weighted by Crippen LogP contribution is 2.23. The molecule has 0 saturated carbocycles. The van der Waals surface area contributed by atoms with E-state index in [2.05, 4.69) is 54.5 Å². The number of likely N-dealkylation sites (tertiary alicyclic amines) is 1. The third kappa shape index (κ3) is 5.81. The fourth-order valence-corrected chi connectivity index (χ4v) is 3.62. The number of amides is 1. The van der Waals surface area contributed by atoms with Gasteiger partial charge in [-0.1, -0.05) is 44.2 Å². The molecule has 0 radical (unpaired) electrons. The minimum atomic E-state index is 0.127. The van der Waals surface area contributed by atoms with Crippen molar-refractivity contribution in [3.63, 3.8) is 0 Å². The van der Waals surface area contributed by atoms with Gasteiger partial charge >= 0.3 is 0 Å². The van der Waals surface area contributed by atoms with Crippen molar-refractivity contribution in [2.75, 3.05) is 25.0 Å². The number of rotatable bonds is 7. The van der Waals surface area contributed by atoms with Crippen LogP contribution in [0.4, 0.5) is 5.82 Å². The van der Waals surface area contributed by atoms with Crippen LogP contribution in [-0.4, -0.2) is 35.4 Å². The predicted octanol–water partition coefficient (Wildman–Crippen LogP) is 4.63. The highest BCUT2D eigenvalue weighted by Gasteiger charge is 2.24. The van der Waals surface area contributed by atoms with E-state index in [1.807, 2.05) is 17.0 Å². The van der Waals surface area contributed by atoms with Gasteiger partial charge in [0.15, 0.2) is 0 Å². The third-order valence-corrected chi connectivity index (χ3v) is 5.30. The van der Waals surface area contributed by atoms with E-state index in [9.17, 15) is 4.79 Å². The number of carbonyl (C=O) groups is 1. The quantitative estimate of drug-likeness (QED) is 0.778. The van der Waals surface area contributed by atoms with Crippen molar-refractivity contribution in [1.82, 2.24) is 9.88 Å². The molecule has 1 N–H and O–H groups in total. The maximum atomic E-state index is 12.9. The van der Waals surface area contributed by atoms with E-state index in [0.29, 0.717) is 11.8 Å². The SMILES string of the molecule is CC(C)CCNc1cc(C(=O)N2CCC(Cc3ccccc3)CC2)ccn1. The first-order chi connectivity index (χ1) is 13.1. The second kappa shape index (κ2) is 9.54. The van der Waals surface area contributed by atoms with Crippen LogP contribution in [0.15, 0.2) is 48.7 Å². The molecule has 1 amide bonds. The van der Waals surface area contributed by atoms with Crippen LogP contribution in [0.3, 0.4) is 0 Å². The Morgan fingerprint density at radius 3 is 2.63 bits per heavy atom. The molecule has 1 aromatic carbocycles. The number of aromatic nitrogens is 1. The summed E-state index contributed by atoms with van der Waals surface area (Å²) in [4.78, 5) is 19.2. The number of nitrogens with zero attached hydrogens (tertiary/aromatic N) is 2. The Hall–Kier alpha value is -2.36. The van der Waals surface area contributed by atoms with Gasteiger partial charge in [0.1, 0.15) is 5.82 Å². The smallest absolute Gasteiger partial charge is 0.254 e. The number of carbonyl (C=O) groups excluding carboxylic acids is 1. The second-order valence-corrected chi connectivity index (χ2v) is 7.96. The lowest BCUT2D eigenvalue weighted by Gasteiger charge is -2.32. The fraction of sp³-hybridized carbons (Fsp3) is 0.478. The van der Waals surface area contributed by atoms with Crippen molar-refractivity contribution in [3.8, 4) is 0 Å². The molecule has 2 aromatic rings. The Labute approximate surface area is 163 Å². The molecule has 0 atom stereocenters. The van der Waals surface area contributed by atoms with Crippen molar-refractivity contribution in [1.29, 1.82) is 0 Å². The van der Waals surface area contributed by atoms with Gasteiger partial charge in [-0.2, -0.15) is 0 Å². The zero-order chi connectivity index (χ0) is 19.1. The predicted molar refractivity (Wildman–Crippen MR) is 111 cm³/mol. The molecule has 0 aliphatic carbocycles. The Morgan fingerprint density at radius 1 is 1.19 bits per heavy atom. The lowest BCUT2D eigenvalue weighted by atomic mass is 9.90. The van der Waals surface area contributed by atoms with Gasteiger partial charge in [0.2, 0.25) is 0 Å². The lowest BCUT2D eigenvalue weighted by Crippen LogP contribution is -2.39. The van der Waals surface area contributed by atoms with Crippen LogP contribution in [0.2, 0.25) is 0 Å². The van der Waals surface area contributed by atoms with Crippen molar-refractivity contribution < 1.29 is 4.79 Å². The molecule has 4 heteroatoms. The third-order valence-electron chi connectivity index (χ3n) is 5.30. The molecular weight excluding hydrogens is 334 g/mol. The molecule has 1 fully saturated rings. The number of benzene rings is 1. The summed E-state index contributed by atoms with van der Waals surface area (Å²) in [5, 5.41) is 3.33. The maximum absolute atomic E-state index is 12.9. The summed E-state index contributed by atoms with van der Waals surface area (Å²) in [6.45, 7) is 6.98. The molecule has 1 aliphatic rings. The standard InChI is InChI=1S/C23H31N3O/c1-18(2)8-12-24-22-17-21(9-13-25-22)23(27)26-14-10-20(11-15-26)16-19-6-4-3-5-7-19/h3-7,9,13,17-18,20H,8,10-12,14-16H2,1-2H3,(H,24,25). The summed E-state index contributed by atoms with van der Waals surface area (Å²) in [6, 6.07) is 14.4. The average molecular weight is 366 g/mol.